The molecule has 0 radical (unpaired) electrons. The third kappa shape index (κ3) is 5.40. The number of ether oxygens (including phenoxy) is 1. The molecule has 0 N–H and O–H groups in total. The van der Waals surface area contributed by atoms with Gasteiger partial charge in [0.1, 0.15) is 18.1 Å². The van der Waals surface area contributed by atoms with Crippen molar-refractivity contribution in [2.75, 3.05) is 33.8 Å². The summed E-state index contributed by atoms with van der Waals surface area (Å²) >= 11 is 0. The summed E-state index contributed by atoms with van der Waals surface area (Å²) in [5.74, 6) is -1.09. The molecule has 1 aliphatic rings. The van der Waals surface area contributed by atoms with Crippen LogP contribution < -0.4 is 4.74 Å². The van der Waals surface area contributed by atoms with E-state index < -0.39 is 11.7 Å². The molecule has 1 saturated heterocycles. The summed E-state index contributed by atoms with van der Waals surface area (Å²) in [6, 6.07) is 11.8. The molecular formula is C29H31FN4O4. The van der Waals surface area contributed by atoms with Gasteiger partial charge in [0.05, 0.1) is 29.8 Å². The van der Waals surface area contributed by atoms with E-state index in [4.69, 9.17) is 4.74 Å². The van der Waals surface area contributed by atoms with Crippen molar-refractivity contribution in [3.8, 4) is 11.8 Å². The van der Waals surface area contributed by atoms with Gasteiger partial charge in [0.15, 0.2) is 0 Å². The van der Waals surface area contributed by atoms with E-state index in [1.165, 1.54) is 30.3 Å². The van der Waals surface area contributed by atoms with Gasteiger partial charge in [-0.15, -0.1) is 0 Å². The fraction of sp³-hybridized carbons (Fsp3) is 0.379. The van der Waals surface area contributed by atoms with Gasteiger partial charge < -0.3 is 19.1 Å². The average molecular weight is 519 g/mol. The quantitative estimate of drug-likeness (QED) is 0.331. The van der Waals surface area contributed by atoms with Gasteiger partial charge in [-0.1, -0.05) is 12.1 Å². The zero-order chi connectivity index (χ0) is 27.4. The highest BCUT2D eigenvalue weighted by molar-refractivity contribution is 6.45. The summed E-state index contributed by atoms with van der Waals surface area (Å²) in [4.78, 5) is 42.4. The number of halogens is 1. The van der Waals surface area contributed by atoms with Gasteiger partial charge in [-0.05, 0) is 55.9 Å². The lowest BCUT2D eigenvalue weighted by Gasteiger charge is -2.32. The van der Waals surface area contributed by atoms with Crippen LogP contribution in [0.3, 0.4) is 0 Å². The van der Waals surface area contributed by atoms with E-state index in [1.54, 1.807) is 47.7 Å². The van der Waals surface area contributed by atoms with Gasteiger partial charge >= 0.3 is 0 Å². The van der Waals surface area contributed by atoms with Crippen LogP contribution in [-0.4, -0.2) is 65.8 Å². The van der Waals surface area contributed by atoms with Crippen molar-refractivity contribution in [1.82, 2.24) is 14.4 Å². The normalized spacial score (nSPS) is 13.8. The monoisotopic (exact) mass is 518 g/mol. The lowest BCUT2D eigenvalue weighted by atomic mass is 9.90. The number of benzene rings is 2. The summed E-state index contributed by atoms with van der Waals surface area (Å²) < 4.78 is 20.3. The molecule has 4 rings (SSSR count). The topological polar surface area (TPSA) is 95.6 Å². The van der Waals surface area contributed by atoms with Crippen LogP contribution in [-0.2, 0) is 17.8 Å². The number of nitriles is 1. The number of rotatable bonds is 8. The molecule has 1 aliphatic heterocycles. The number of hydrogen-bond acceptors (Lipinski definition) is 5. The van der Waals surface area contributed by atoms with Crippen LogP contribution in [0, 0.1) is 23.1 Å². The van der Waals surface area contributed by atoms with E-state index in [2.05, 4.69) is 6.07 Å². The fourth-order valence-corrected chi connectivity index (χ4v) is 4.94. The van der Waals surface area contributed by atoms with Crippen molar-refractivity contribution in [2.45, 2.75) is 32.7 Å². The van der Waals surface area contributed by atoms with Crippen LogP contribution in [0.15, 0.2) is 42.6 Å². The minimum Gasteiger partial charge on any atom is -0.496 e. The Kier molecular flexibility index (Phi) is 8.10. The highest BCUT2D eigenvalue weighted by atomic mass is 19.1. The van der Waals surface area contributed by atoms with Gasteiger partial charge in [-0.3, -0.25) is 14.4 Å². The first-order chi connectivity index (χ1) is 18.3. The van der Waals surface area contributed by atoms with Crippen molar-refractivity contribution in [1.29, 1.82) is 5.26 Å². The Balaban J connectivity index is 1.61. The van der Waals surface area contributed by atoms with Crippen LogP contribution in [0.2, 0.25) is 0 Å². The molecule has 0 spiro atoms. The first-order valence-corrected chi connectivity index (χ1v) is 12.7. The lowest BCUT2D eigenvalue weighted by molar-refractivity contribution is -0.125. The summed E-state index contributed by atoms with van der Waals surface area (Å²) in [5, 5.41) is 9.72. The molecule has 2 amide bonds. The Hall–Kier alpha value is -4.19. The molecule has 38 heavy (non-hydrogen) atoms. The molecule has 3 aromatic rings. The molecule has 0 saturated carbocycles. The Morgan fingerprint density at radius 3 is 2.42 bits per heavy atom. The summed E-state index contributed by atoms with van der Waals surface area (Å²) in [7, 11) is 3.02. The van der Waals surface area contributed by atoms with Gasteiger partial charge in [0.2, 0.25) is 0 Å². The molecule has 0 bridgehead atoms. The molecule has 0 unspecified atom stereocenters. The zero-order valence-electron chi connectivity index (χ0n) is 21.9. The number of carbonyl (C=O) groups excluding carboxylic acids is 3. The number of ketones is 1. The molecule has 0 atom stereocenters. The van der Waals surface area contributed by atoms with Gasteiger partial charge in [0, 0.05) is 44.3 Å². The van der Waals surface area contributed by atoms with E-state index in [0.29, 0.717) is 47.8 Å². The van der Waals surface area contributed by atoms with E-state index in [1.807, 2.05) is 0 Å². The SMILES string of the molecule is CCN(C)C(=O)C(=O)c1cn(CC#N)c2cc(OC)c(C(=O)N3CCC(Cc4ccc(F)cc4)CC3)cc12. The Morgan fingerprint density at radius 2 is 1.82 bits per heavy atom. The highest BCUT2D eigenvalue weighted by Gasteiger charge is 2.29. The summed E-state index contributed by atoms with van der Waals surface area (Å²) in [6.07, 6.45) is 3.95. The smallest absolute Gasteiger partial charge is 0.294 e. The molecule has 2 heterocycles. The third-order valence-electron chi connectivity index (χ3n) is 7.27. The number of carbonyl (C=O) groups is 3. The first kappa shape index (κ1) is 26.9. The molecule has 198 valence electrons. The predicted octanol–water partition coefficient (Wildman–Crippen LogP) is 4.07. The van der Waals surface area contributed by atoms with E-state index in [-0.39, 0.29) is 23.8 Å². The number of aromatic nitrogens is 1. The fourth-order valence-electron chi connectivity index (χ4n) is 4.94. The molecule has 0 aliphatic carbocycles. The van der Waals surface area contributed by atoms with Crippen LogP contribution in [0.25, 0.3) is 10.9 Å². The second-order valence-corrected chi connectivity index (χ2v) is 9.61. The Bertz CT molecular complexity index is 1400. The maximum atomic E-state index is 13.6. The van der Waals surface area contributed by atoms with Crippen molar-refractivity contribution in [3.63, 3.8) is 0 Å². The van der Waals surface area contributed by atoms with Crippen LogP contribution in [0.5, 0.6) is 5.75 Å². The number of nitrogens with zero attached hydrogens (tertiary/aromatic N) is 4. The molecular weight excluding hydrogens is 487 g/mol. The first-order valence-electron chi connectivity index (χ1n) is 12.7. The minimum atomic E-state index is -0.693. The van der Waals surface area contributed by atoms with Gasteiger partial charge in [-0.2, -0.15) is 5.26 Å². The standard InChI is InChI=1S/C29H31FN4O4/c1-4-32(2)29(37)27(35)24-18-34(14-11-31)25-17-26(38-3)23(16-22(24)25)28(36)33-12-9-20(10-13-33)15-19-5-7-21(30)8-6-19/h5-8,16-18,20H,4,9-10,12-15H2,1-3H3. The second kappa shape index (κ2) is 11.5. The maximum Gasteiger partial charge on any atom is 0.294 e. The van der Waals surface area contributed by atoms with Crippen molar-refractivity contribution in [2.24, 2.45) is 5.92 Å². The number of Topliss-reactive ketones (excluding diaryl/α,β-unsaturated/α-hetero) is 1. The lowest BCUT2D eigenvalue weighted by Crippen LogP contribution is -2.39. The predicted molar refractivity (Wildman–Crippen MR) is 140 cm³/mol. The molecule has 9 heteroatoms. The van der Waals surface area contributed by atoms with E-state index in [9.17, 15) is 24.0 Å². The minimum absolute atomic E-state index is 0.0282. The summed E-state index contributed by atoms with van der Waals surface area (Å²) in [5.41, 5.74) is 2.06. The third-order valence-corrected chi connectivity index (χ3v) is 7.27. The number of fused-ring (bicyclic) bond motifs is 1. The number of likely N-dealkylation sites (N-methyl/N-ethyl adjacent to an activating group) is 1. The second-order valence-electron chi connectivity index (χ2n) is 9.61. The van der Waals surface area contributed by atoms with E-state index in [0.717, 1.165) is 24.8 Å². The average Bonchev–Trinajstić information content (AvgIpc) is 3.29. The maximum absolute atomic E-state index is 13.6. The van der Waals surface area contributed by atoms with Crippen molar-refractivity contribution >= 4 is 28.5 Å². The summed E-state index contributed by atoms with van der Waals surface area (Å²) in [6.45, 7) is 3.24. The van der Waals surface area contributed by atoms with Crippen molar-refractivity contribution < 1.29 is 23.5 Å². The molecule has 8 nitrogen and oxygen atoms in total. The Labute approximate surface area is 221 Å². The number of piperidine rings is 1. The van der Waals surface area contributed by atoms with Crippen molar-refractivity contribution in [3.05, 3.63) is 65.1 Å². The molecule has 2 aromatic carbocycles. The van der Waals surface area contributed by atoms with Gasteiger partial charge in [0.25, 0.3) is 17.6 Å². The van der Waals surface area contributed by atoms with Crippen LogP contribution in [0.1, 0.15) is 46.0 Å². The Morgan fingerprint density at radius 1 is 1.13 bits per heavy atom. The largest absolute Gasteiger partial charge is 0.496 e. The number of likely N-dealkylation sites (tertiary alicyclic amines) is 1. The molecule has 1 fully saturated rings. The number of amides is 2. The van der Waals surface area contributed by atoms with Crippen LogP contribution >= 0.6 is 0 Å². The van der Waals surface area contributed by atoms with Gasteiger partial charge in [-0.25, -0.2) is 4.39 Å². The van der Waals surface area contributed by atoms with Crippen LogP contribution in [0.4, 0.5) is 4.39 Å². The highest BCUT2D eigenvalue weighted by Crippen LogP contribution is 2.32. The molecule has 1 aromatic heterocycles. The number of hydrogen-bond donors (Lipinski definition) is 0. The zero-order valence-corrected chi connectivity index (χ0v) is 21.9. The van der Waals surface area contributed by atoms with E-state index >= 15 is 0 Å². The number of methoxy groups -OCH3 is 1.